The van der Waals surface area contributed by atoms with Gasteiger partial charge in [-0.3, -0.25) is 0 Å². The van der Waals surface area contributed by atoms with Crippen LogP contribution in [0.2, 0.25) is 0 Å². The second-order valence-electron chi connectivity index (χ2n) is 12.2. The van der Waals surface area contributed by atoms with Crippen LogP contribution in [-0.4, -0.2) is 0 Å². The van der Waals surface area contributed by atoms with Crippen LogP contribution < -0.4 is 10.6 Å². The number of rotatable bonds is 7. The maximum absolute atomic E-state index is 3.63. The third-order valence-electron chi connectivity index (χ3n) is 6.96. The maximum atomic E-state index is 3.63. The quantitative estimate of drug-likeness (QED) is 0.269. The molecule has 0 saturated heterocycles. The number of nitrogens with one attached hydrogen (secondary N) is 2. The SMILES string of the molecule is Cc1c(C(C)(C)C)cc(CNc2ccc(Nc3ccc(Cc4ccccc4)cc3)cc2)cc1C(C)(C)C. The van der Waals surface area contributed by atoms with E-state index in [1.807, 2.05) is 0 Å². The highest BCUT2D eigenvalue weighted by molar-refractivity contribution is 5.63. The van der Waals surface area contributed by atoms with Crippen LogP contribution in [0.1, 0.15) is 74.9 Å². The van der Waals surface area contributed by atoms with Crippen LogP contribution in [-0.2, 0) is 23.8 Å². The molecule has 0 aliphatic heterocycles. The number of hydrogen-bond donors (Lipinski definition) is 2. The van der Waals surface area contributed by atoms with Gasteiger partial charge in [-0.2, -0.15) is 0 Å². The molecule has 0 amide bonds. The lowest BCUT2D eigenvalue weighted by Crippen LogP contribution is -2.20. The number of benzene rings is 4. The summed E-state index contributed by atoms with van der Waals surface area (Å²) in [6.45, 7) is 16.9. The van der Waals surface area contributed by atoms with Crippen LogP contribution in [0, 0.1) is 6.92 Å². The Labute approximate surface area is 224 Å². The molecule has 0 saturated carbocycles. The molecule has 0 aliphatic carbocycles. The van der Waals surface area contributed by atoms with Crippen molar-refractivity contribution in [1.82, 2.24) is 0 Å². The summed E-state index contributed by atoms with van der Waals surface area (Å²) in [5.74, 6) is 0. The second kappa shape index (κ2) is 10.8. The minimum absolute atomic E-state index is 0.118. The van der Waals surface area contributed by atoms with Crippen LogP contribution >= 0.6 is 0 Å². The average molecular weight is 491 g/mol. The van der Waals surface area contributed by atoms with E-state index in [9.17, 15) is 0 Å². The van der Waals surface area contributed by atoms with Gasteiger partial charge in [-0.25, -0.2) is 0 Å². The lowest BCUT2D eigenvalue weighted by atomic mass is 9.76. The molecule has 0 bridgehead atoms. The van der Waals surface area contributed by atoms with Crippen molar-refractivity contribution in [2.75, 3.05) is 10.6 Å². The van der Waals surface area contributed by atoms with Gasteiger partial charge in [0.05, 0.1) is 0 Å². The van der Waals surface area contributed by atoms with E-state index >= 15 is 0 Å². The molecule has 0 fully saturated rings. The van der Waals surface area contributed by atoms with E-state index in [2.05, 4.69) is 150 Å². The molecule has 0 aliphatic rings. The molecule has 192 valence electrons. The molecule has 0 spiro atoms. The van der Waals surface area contributed by atoms with Crippen molar-refractivity contribution in [3.63, 3.8) is 0 Å². The Morgan fingerprint density at radius 2 is 1.00 bits per heavy atom. The van der Waals surface area contributed by atoms with Crippen molar-refractivity contribution in [2.24, 2.45) is 0 Å². The van der Waals surface area contributed by atoms with E-state index in [4.69, 9.17) is 0 Å². The molecule has 37 heavy (non-hydrogen) atoms. The van der Waals surface area contributed by atoms with Crippen molar-refractivity contribution in [3.05, 3.63) is 124 Å². The molecule has 2 N–H and O–H groups in total. The third kappa shape index (κ3) is 7.04. The molecule has 0 radical (unpaired) electrons. The summed E-state index contributed by atoms with van der Waals surface area (Å²) in [4.78, 5) is 0. The smallest absolute Gasteiger partial charge is 0.0400 e. The van der Waals surface area contributed by atoms with Gasteiger partial charge >= 0.3 is 0 Å². The van der Waals surface area contributed by atoms with Gasteiger partial charge in [0.1, 0.15) is 0 Å². The average Bonchev–Trinajstić information content (AvgIpc) is 2.85. The van der Waals surface area contributed by atoms with Crippen molar-refractivity contribution in [1.29, 1.82) is 0 Å². The van der Waals surface area contributed by atoms with Crippen molar-refractivity contribution in [3.8, 4) is 0 Å². The first kappa shape index (κ1) is 26.5. The maximum Gasteiger partial charge on any atom is 0.0400 e. The summed E-state index contributed by atoms with van der Waals surface area (Å²) in [5.41, 5.74) is 11.8. The van der Waals surface area contributed by atoms with E-state index in [1.54, 1.807) is 0 Å². The Morgan fingerprint density at radius 1 is 0.541 bits per heavy atom. The van der Waals surface area contributed by atoms with Gasteiger partial charge in [-0.05, 0) is 94.0 Å². The fourth-order valence-corrected chi connectivity index (χ4v) is 5.01. The van der Waals surface area contributed by atoms with Gasteiger partial charge in [0.2, 0.25) is 0 Å². The Balaban J connectivity index is 1.40. The molecule has 2 nitrogen and oxygen atoms in total. The number of anilines is 3. The highest BCUT2D eigenvalue weighted by Crippen LogP contribution is 2.35. The highest BCUT2D eigenvalue weighted by atomic mass is 14.9. The first-order chi connectivity index (χ1) is 17.5. The molecule has 0 heterocycles. The van der Waals surface area contributed by atoms with Crippen LogP contribution in [0.25, 0.3) is 0 Å². The van der Waals surface area contributed by atoms with E-state index in [0.717, 1.165) is 30.0 Å². The Bertz CT molecular complexity index is 1270. The third-order valence-corrected chi connectivity index (χ3v) is 6.96. The fraction of sp³-hybridized carbons (Fsp3) is 0.314. The van der Waals surface area contributed by atoms with Crippen LogP contribution in [0.3, 0.4) is 0 Å². The predicted octanol–water partition coefficient (Wildman–Crippen LogP) is 9.54. The summed E-state index contributed by atoms with van der Waals surface area (Å²) in [6.07, 6.45) is 0.955. The summed E-state index contributed by atoms with van der Waals surface area (Å²) >= 11 is 0. The van der Waals surface area contributed by atoms with Crippen LogP contribution in [0.4, 0.5) is 17.1 Å². The first-order valence-corrected chi connectivity index (χ1v) is 13.4. The predicted molar refractivity (Wildman–Crippen MR) is 161 cm³/mol. The summed E-state index contributed by atoms with van der Waals surface area (Å²) in [5, 5.41) is 7.15. The zero-order valence-electron chi connectivity index (χ0n) is 23.6. The number of hydrogen-bond acceptors (Lipinski definition) is 2. The van der Waals surface area contributed by atoms with Crippen LogP contribution in [0.5, 0.6) is 0 Å². The second-order valence-corrected chi connectivity index (χ2v) is 12.2. The molecule has 0 aromatic heterocycles. The van der Waals surface area contributed by atoms with Crippen LogP contribution in [0.15, 0.2) is 91.0 Å². The minimum Gasteiger partial charge on any atom is -0.381 e. The van der Waals surface area contributed by atoms with E-state index in [1.165, 1.54) is 33.4 Å². The summed E-state index contributed by atoms with van der Waals surface area (Å²) in [7, 11) is 0. The van der Waals surface area contributed by atoms with E-state index in [-0.39, 0.29) is 10.8 Å². The molecule has 0 unspecified atom stereocenters. The summed E-state index contributed by atoms with van der Waals surface area (Å²) < 4.78 is 0. The standard InChI is InChI=1S/C35H42N2/c1-25-32(34(2,3)4)22-28(23-33(25)35(5,6)7)24-36-29-17-19-31(20-18-29)37-30-15-13-27(14-16-30)21-26-11-9-8-10-12-26/h8-20,22-23,36-37H,21,24H2,1-7H3. The van der Waals surface area contributed by atoms with Gasteiger partial charge in [0, 0.05) is 23.6 Å². The lowest BCUT2D eigenvalue weighted by molar-refractivity contribution is 0.559. The van der Waals surface area contributed by atoms with Gasteiger partial charge in [0.15, 0.2) is 0 Å². The Hall–Kier alpha value is -3.52. The van der Waals surface area contributed by atoms with Gasteiger partial charge in [0.25, 0.3) is 0 Å². The molecular formula is C35H42N2. The van der Waals surface area contributed by atoms with Gasteiger partial charge < -0.3 is 10.6 Å². The van der Waals surface area contributed by atoms with Gasteiger partial charge in [-0.15, -0.1) is 0 Å². The monoisotopic (exact) mass is 490 g/mol. The molecule has 4 aromatic rings. The zero-order valence-corrected chi connectivity index (χ0v) is 23.6. The summed E-state index contributed by atoms with van der Waals surface area (Å²) in [6, 6.07) is 32.6. The Kier molecular flexibility index (Phi) is 7.78. The van der Waals surface area contributed by atoms with Crippen molar-refractivity contribution < 1.29 is 0 Å². The molecule has 4 rings (SSSR count). The normalized spacial score (nSPS) is 11.9. The van der Waals surface area contributed by atoms with Crippen molar-refractivity contribution >= 4 is 17.1 Å². The molecular weight excluding hydrogens is 448 g/mol. The van der Waals surface area contributed by atoms with Gasteiger partial charge in [-0.1, -0.05) is 96.1 Å². The lowest BCUT2D eigenvalue weighted by Gasteiger charge is -2.30. The largest absolute Gasteiger partial charge is 0.381 e. The Morgan fingerprint density at radius 3 is 1.51 bits per heavy atom. The van der Waals surface area contributed by atoms with E-state index < -0.39 is 0 Å². The minimum atomic E-state index is 0.118. The fourth-order valence-electron chi connectivity index (χ4n) is 5.01. The topological polar surface area (TPSA) is 24.1 Å². The van der Waals surface area contributed by atoms with Crippen molar-refractivity contribution in [2.45, 2.75) is 72.3 Å². The molecule has 2 heteroatoms. The van der Waals surface area contributed by atoms with E-state index in [0.29, 0.717) is 0 Å². The zero-order chi connectivity index (χ0) is 26.6. The molecule has 4 aromatic carbocycles. The first-order valence-electron chi connectivity index (χ1n) is 13.4. The highest BCUT2D eigenvalue weighted by Gasteiger charge is 2.24. The molecule has 0 atom stereocenters.